The molecule has 3 aromatic rings. The van der Waals surface area contributed by atoms with Gasteiger partial charge in [-0.1, -0.05) is 11.6 Å². The normalized spacial score (nSPS) is 11.7. The summed E-state index contributed by atoms with van der Waals surface area (Å²) in [6.45, 7) is 1.80. The number of anilines is 1. The summed E-state index contributed by atoms with van der Waals surface area (Å²) in [5, 5.41) is 3.89. The standard InChI is InChI=1S/C16H15ClFN7/c1-8-6-10(7-12(17)22-8)14-13(9-2-4-11(18)5-3-9)23-15(19)16(24-20)25(14)21/h2-7H,20-21H2,1H3,(H2,19,23)/b24-16-. The van der Waals surface area contributed by atoms with E-state index < -0.39 is 0 Å². The van der Waals surface area contributed by atoms with Crippen molar-refractivity contribution < 1.29 is 4.39 Å². The van der Waals surface area contributed by atoms with E-state index in [1.807, 2.05) is 0 Å². The summed E-state index contributed by atoms with van der Waals surface area (Å²) in [4.78, 5) is 8.49. The highest BCUT2D eigenvalue weighted by molar-refractivity contribution is 6.29. The van der Waals surface area contributed by atoms with Crippen molar-refractivity contribution in [1.29, 1.82) is 0 Å². The van der Waals surface area contributed by atoms with Crippen LogP contribution >= 0.6 is 11.6 Å². The van der Waals surface area contributed by atoms with Crippen LogP contribution in [0.15, 0.2) is 41.5 Å². The molecule has 0 spiro atoms. The van der Waals surface area contributed by atoms with Gasteiger partial charge in [0.05, 0.1) is 11.4 Å². The summed E-state index contributed by atoms with van der Waals surface area (Å²) in [7, 11) is 0. The van der Waals surface area contributed by atoms with Crippen molar-refractivity contribution in [2.75, 3.05) is 11.6 Å². The number of nitrogen functional groups attached to an aromatic ring is 2. The van der Waals surface area contributed by atoms with E-state index in [-0.39, 0.29) is 17.1 Å². The Morgan fingerprint density at radius 2 is 1.80 bits per heavy atom. The molecule has 0 bridgehead atoms. The monoisotopic (exact) mass is 359 g/mol. The number of hydrogen-bond acceptors (Lipinski definition) is 6. The van der Waals surface area contributed by atoms with E-state index in [9.17, 15) is 4.39 Å². The second kappa shape index (κ2) is 6.40. The highest BCUT2D eigenvalue weighted by Gasteiger charge is 2.17. The quantitative estimate of drug-likeness (QED) is 0.366. The van der Waals surface area contributed by atoms with Gasteiger partial charge in [0.25, 0.3) is 0 Å². The Labute approximate surface area is 147 Å². The zero-order chi connectivity index (χ0) is 18.1. The molecule has 128 valence electrons. The van der Waals surface area contributed by atoms with Crippen LogP contribution in [-0.4, -0.2) is 14.6 Å². The fourth-order valence-corrected chi connectivity index (χ4v) is 2.80. The molecule has 9 heteroatoms. The van der Waals surface area contributed by atoms with E-state index in [0.29, 0.717) is 33.4 Å². The maximum atomic E-state index is 13.3. The van der Waals surface area contributed by atoms with Gasteiger partial charge in [0.15, 0.2) is 5.82 Å². The molecule has 0 atom stereocenters. The Balaban J connectivity index is 2.40. The average molecular weight is 360 g/mol. The third-order valence-electron chi connectivity index (χ3n) is 3.59. The highest BCUT2D eigenvalue weighted by atomic mass is 35.5. The van der Waals surface area contributed by atoms with E-state index in [0.717, 1.165) is 0 Å². The minimum atomic E-state index is -0.365. The summed E-state index contributed by atoms with van der Waals surface area (Å²) >= 11 is 6.07. The van der Waals surface area contributed by atoms with Gasteiger partial charge in [0.2, 0.25) is 5.49 Å². The van der Waals surface area contributed by atoms with Gasteiger partial charge in [-0.25, -0.2) is 19.0 Å². The Bertz CT molecular complexity index is 992. The molecule has 25 heavy (non-hydrogen) atoms. The van der Waals surface area contributed by atoms with Crippen molar-refractivity contribution in [3.63, 3.8) is 0 Å². The number of hydrogen-bond donors (Lipinski definition) is 3. The summed E-state index contributed by atoms with van der Waals surface area (Å²) < 4.78 is 14.5. The first-order valence-corrected chi connectivity index (χ1v) is 7.60. The first-order chi connectivity index (χ1) is 11.9. The molecule has 7 nitrogen and oxygen atoms in total. The van der Waals surface area contributed by atoms with Gasteiger partial charge in [-0.15, -0.1) is 0 Å². The van der Waals surface area contributed by atoms with Gasteiger partial charge in [-0.3, -0.25) is 0 Å². The molecule has 0 unspecified atom stereocenters. The smallest absolute Gasteiger partial charge is 0.213 e. The molecule has 0 saturated heterocycles. The number of aryl methyl sites for hydroxylation is 1. The molecular formula is C16H15ClFN7. The largest absolute Gasteiger partial charge is 0.380 e. The molecule has 0 aliphatic rings. The topological polar surface area (TPSA) is 121 Å². The van der Waals surface area contributed by atoms with E-state index >= 15 is 0 Å². The molecule has 0 aliphatic carbocycles. The van der Waals surface area contributed by atoms with Crippen LogP contribution in [-0.2, 0) is 0 Å². The van der Waals surface area contributed by atoms with E-state index in [2.05, 4.69) is 15.1 Å². The molecule has 6 N–H and O–H groups in total. The Morgan fingerprint density at radius 1 is 1.12 bits per heavy atom. The van der Waals surface area contributed by atoms with Gasteiger partial charge in [0.1, 0.15) is 11.0 Å². The molecular weight excluding hydrogens is 345 g/mol. The Morgan fingerprint density at radius 3 is 2.40 bits per heavy atom. The van der Waals surface area contributed by atoms with Gasteiger partial charge >= 0.3 is 0 Å². The first-order valence-electron chi connectivity index (χ1n) is 7.22. The lowest BCUT2D eigenvalue weighted by Crippen LogP contribution is -2.34. The van der Waals surface area contributed by atoms with Crippen LogP contribution in [0.3, 0.4) is 0 Å². The number of halogens is 2. The second-order valence-electron chi connectivity index (χ2n) is 5.34. The zero-order valence-electron chi connectivity index (χ0n) is 13.2. The summed E-state index contributed by atoms with van der Waals surface area (Å²) in [5.74, 6) is 11.2. The highest BCUT2D eigenvalue weighted by Crippen LogP contribution is 2.31. The van der Waals surface area contributed by atoms with E-state index in [4.69, 9.17) is 29.0 Å². The molecule has 0 saturated carbocycles. The van der Waals surface area contributed by atoms with Crippen LogP contribution in [0.4, 0.5) is 10.2 Å². The second-order valence-corrected chi connectivity index (χ2v) is 5.73. The predicted octanol–water partition coefficient (Wildman–Crippen LogP) is 1.78. The van der Waals surface area contributed by atoms with Crippen LogP contribution in [0.2, 0.25) is 5.15 Å². The molecule has 0 aliphatic heterocycles. The Kier molecular flexibility index (Phi) is 4.28. The lowest BCUT2D eigenvalue weighted by atomic mass is 10.0. The van der Waals surface area contributed by atoms with Crippen molar-refractivity contribution in [3.05, 3.63) is 58.6 Å². The van der Waals surface area contributed by atoms with Gasteiger partial charge in [-0.2, -0.15) is 5.10 Å². The molecule has 0 amide bonds. The van der Waals surface area contributed by atoms with Crippen LogP contribution in [0, 0.1) is 12.7 Å². The van der Waals surface area contributed by atoms with Gasteiger partial charge in [0, 0.05) is 16.8 Å². The lowest BCUT2D eigenvalue weighted by molar-refractivity contribution is 0.628. The van der Waals surface area contributed by atoms with Crippen LogP contribution < -0.4 is 22.9 Å². The number of benzene rings is 1. The van der Waals surface area contributed by atoms with Crippen LogP contribution in [0.5, 0.6) is 0 Å². The summed E-state index contributed by atoms with van der Waals surface area (Å²) in [6.07, 6.45) is 0. The zero-order valence-corrected chi connectivity index (χ0v) is 14.0. The minimum Gasteiger partial charge on any atom is -0.380 e. The fourth-order valence-electron chi connectivity index (χ4n) is 2.54. The summed E-state index contributed by atoms with van der Waals surface area (Å²) in [6, 6.07) is 9.23. The van der Waals surface area contributed by atoms with Crippen molar-refractivity contribution >= 4 is 17.4 Å². The molecule has 2 aromatic heterocycles. The SMILES string of the molecule is Cc1cc(-c2c(-c3ccc(F)cc3)nc(N)/c(=N/N)n2N)cc(Cl)n1. The first kappa shape index (κ1) is 16.7. The van der Waals surface area contributed by atoms with Crippen LogP contribution in [0.25, 0.3) is 22.5 Å². The number of rotatable bonds is 2. The maximum Gasteiger partial charge on any atom is 0.213 e. The lowest BCUT2D eigenvalue weighted by Gasteiger charge is -2.16. The van der Waals surface area contributed by atoms with E-state index in [1.54, 1.807) is 31.2 Å². The number of nitrogens with zero attached hydrogens (tertiary/aromatic N) is 4. The summed E-state index contributed by atoms with van der Waals surface area (Å²) in [5.41, 5.74) is 8.88. The third-order valence-corrected chi connectivity index (χ3v) is 3.78. The van der Waals surface area contributed by atoms with Crippen molar-refractivity contribution in [1.82, 2.24) is 14.6 Å². The van der Waals surface area contributed by atoms with Crippen molar-refractivity contribution in [2.24, 2.45) is 10.9 Å². The average Bonchev–Trinajstić information content (AvgIpc) is 2.54. The van der Waals surface area contributed by atoms with Crippen LogP contribution in [0.1, 0.15) is 5.69 Å². The minimum absolute atomic E-state index is 0.0463. The van der Waals surface area contributed by atoms with Gasteiger partial charge < -0.3 is 17.4 Å². The number of pyridine rings is 1. The van der Waals surface area contributed by atoms with Crippen molar-refractivity contribution in [3.8, 4) is 22.5 Å². The fraction of sp³-hybridized carbons (Fsp3) is 0.0625. The number of aromatic nitrogens is 3. The van der Waals surface area contributed by atoms with Gasteiger partial charge in [-0.05, 0) is 43.3 Å². The molecule has 0 fully saturated rings. The number of nitrogens with two attached hydrogens (primary N) is 3. The molecule has 0 radical (unpaired) electrons. The third kappa shape index (κ3) is 3.11. The van der Waals surface area contributed by atoms with E-state index in [1.165, 1.54) is 16.8 Å². The maximum absolute atomic E-state index is 13.3. The molecule has 1 aromatic carbocycles. The molecule has 3 rings (SSSR count). The predicted molar refractivity (Wildman–Crippen MR) is 94.9 cm³/mol. The Hall–Kier alpha value is -3.13. The molecule has 2 heterocycles. The van der Waals surface area contributed by atoms with Crippen molar-refractivity contribution in [2.45, 2.75) is 6.92 Å².